The fraction of sp³-hybridized carbons (Fsp3) is 0.240. The van der Waals surface area contributed by atoms with Gasteiger partial charge in [0, 0.05) is 0 Å². The number of carbonyl (C=O) groups excluding carboxylic acids is 3. The number of esters is 1. The van der Waals surface area contributed by atoms with Crippen molar-refractivity contribution in [2.75, 3.05) is 31.0 Å². The topological polar surface area (TPSA) is 103 Å². The van der Waals surface area contributed by atoms with Gasteiger partial charge in [-0.1, -0.05) is 30.3 Å². The van der Waals surface area contributed by atoms with E-state index in [9.17, 15) is 14.4 Å². The fourth-order valence-electron chi connectivity index (χ4n) is 3.22. The van der Waals surface area contributed by atoms with Gasteiger partial charge in [-0.25, -0.2) is 4.79 Å². The van der Waals surface area contributed by atoms with Crippen LogP contribution in [0.4, 0.5) is 10.7 Å². The summed E-state index contributed by atoms with van der Waals surface area (Å²) in [7, 11) is 1.24. The number of amides is 2. The summed E-state index contributed by atoms with van der Waals surface area (Å²) in [6, 6.07) is 14.4. The summed E-state index contributed by atoms with van der Waals surface area (Å²) >= 11 is 0.988. The largest absolute Gasteiger partial charge is 0.492 e. The first kappa shape index (κ1) is 24.8. The Balaban J connectivity index is 1.82. The van der Waals surface area contributed by atoms with Gasteiger partial charge in [0.1, 0.15) is 16.5 Å². The zero-order valence-corrected chi connectivity index (χ0v) is 20.2. The third-order valence-electron chi connectivity index (χ3n) is 4.88. The Morgan fingerprint density at radius 1 is 0.912 bits per heavy atom. The van der Waals surface area contributed by atoms with E-state index in [2.05, 4.69) is 10.6 Å². The number of hydrogen-bond donors (Lipinski definition) is 2. The average Bonchev–Trinajstić information content (AvgIpc) is 3.15. The van der Waals surface area contributed by atoms with Gasteiger partial charge < -0.3 is 24.8 Å². The van der Waals surface area contributed by atoms with E-state index in [1.54, 1.807) is 37.3 Å². The van der Waals surface area contributed by atoms with Gasteiger partial charge in [-0.2, -0.15) is 0 Å². The number of methoxy groups -OCH3 is 1. The van der Waals surface area contributed by atoms with Crippen molar-refractivity contribution < 1.29 is 28.6 Å². The van der Waals surface area contributed by atoms with Crippen LogP contribution in [-0.4, -0.2) is 38.1 Å². The highest BCUT2D eigenvalue weighted by Crippen LogP contribution is 2.35. The minimum absolute atomic E-state index is 0.125. The Morgan fingerprint density at radius 3 is 2.26 bits per heavy atom. The number of anilines is 2. The minimum atomic E-state index is -0.655. The molecule has 0 fully saturated rings. The number of aryl methyl sites for hydroxylation is 1. The van der Waals surface area contributed by atoms with Crippen molar-refractivity contribution in [3.63, 3.8) is 0 Å². The molecule has 2 aromatic carbocycles. The molecule has 0 aliphatic carbocycles. The summed E-state index contributed by atoms with van der Waals surface area (Å²) in [5.41, 5.74) is 1.92. The summed E-state index contributed by atoms with van der Waals surface area (Å²) in [5, 5.41) is 5.70. The molecule has 1 heterocycles. The molecule has 9 heteroatoms. The smallest absolute Gasteiger partial charge is 0.341 e. The third-order valence-corrected chi connectivity index (χ3v) is 6.09. The van der Waals surface area contributed by atoms with Gasteiger partial charge in [-0.05, 0) is 50.1 Å². The van der Waals surface area contributed by atoms with Crippen LogP contribution in [0.5, 0.6) is 11.5 Å². The molecule has 8 nitrogen and oxygen atoms in total. The third kappa shape index (κ3) is 5.74. The Hall–Kier alpha value is -3.85. The van der Waals surface area contributed by atoms with Crippen LogP contribution in [0.2, 0.25) is 0 Å². The lowest BCUT2D eigenvalue weighted by molar-refractivity contribution is -0.118. The molecule has 0 atom stereocenters. The molecule has 0 aliphatic rings. The summed E-state index contributed by atoms with van der Waals surface area (Å²) in [5.74, 6) is -0.443. The average molecular weight is 483 g/mol. The van der Waals surface area contributed by atoms with Crippen LogP contribution in [-0.2, 0) is 9.53 Å². The molecule has 34 heavy (non-hydrogen) atoms. The normalized spacial score (nSPS) is 10.4. The Labute approximate surface area is 201 Å². The zero-order valence-electron chi connectivity index (χ0n) is 19.4. The van der Waals surface area contributed by atoms with Gasteiger partial charge in [-0.15, -0.1) is 11.3 Å². The van der Waals surface area contributed by atoms with Crippen LogP contribution in [0.1, 0.15) is 38.1 Å². The summed E-state index contributed by atoms with van der Waals surface area (Å²) in [4.78, 5) is 38.3. The number of benzene rings is 2. The predicted octanol–water partition coefficient (Wildman–Crippen LogP) is 4.82. The highest BCUT2D eigenvalue weighted by Gasteiger charge is 2.27. The second-order valence-electron chi connectivity index (χ2n) is 7.24. The van der Waals surface area contributed by atoms with Crippen molar-refractivity contribution in [2.24, 2.45) is 0 Å². The van der Waals surface area contributed by atoms with Gasteiger partial charge in [0.05, 0.1) is 29.8 Å². The first-order chi connectivity index (χ1) is 16.3. The van der Waals surface area contributed by atoms with E-state index in [1.165, 1.54) is 7.11 Å². The number of carbonyl (C=O) groups is 3. The summed E-state index contributed by atoms with van der Waals surface area (Å²) in [6.45, 7) is 5.54. The molecule has 178 valence electrons. The van der Waals surface area contributed by atoms with E-state index in [-0.39, 0.29) is 22.0 Å². The molecule has 3 aromatic rings. The second-order valence-corrected chi connectivity index (χ2v) is 8.26. The summed E-state index contributed by atoms with van der Waals surface area (Å²) in [6.07, 6.45) is 0. The molecule has 0 saturated heterocycles. The SMILES string of the molecule is CCOc1ccccc1NC(=O)c1sc(NC(=O)COc2ccccc2C)c(C(=O)OC)c1C. The molecular formula is C25H26N2O6S. The molecule has 0 saturated carbocycles. The molecule has 0 aliphatic heterocycles. The lowest BCUT2D eigenvalue weighted by atomic mass is 10.1. The van der Waals surface area contributed by atoms with Gasteiger partial charge in [0.2, 0.25) is 0 Å². The molecule has 3 rings (SSSR count). The quantitative estimate of drug-likeness (QED) is 0.424. The van der Waals surface area contributed by atoms with Gasteiger partial charge >= 0.3 is 5.97 Å². The molecule has 0 unspecified atom stereocenters. The maximum atomic E-state index is 13.1. The van der Waals surface area contributed by atoms with Crippen molar-refractivity contribution >= 4 is 39.8 Å². The second kappa shape index (κ2) is 11.3. The van der Waals surface area contributed by atoms with Gasteiger partial charge in [0.25, 0.3) is 11.8 Å². The van der Waals surface area contributed by atoms with Crippen molar-refractivity contribution in [3.8, 4) is 11.5 Å². The maximum absolute atomic E-state index is 13.1. The fourth-order valence-corrected chi connectivity index (χ4v) is 4.33. The van der Waals surface area contributed by atoms with E-state index in [0.717, 1.165) is 16.9 Å². The number of hydrogen-bond acceptors (Lipinski definition) is 7. The van der Waals surface area contributed by atoms with E-state index < -0.39 is 17.8 Å². The molecule has 2 N–H and O–H groups in total. The lowest BCUT2D eigenvalue weighted by Crippen LogP contribution is -2.21. The Kier molecular flexibility index (Phi) is 8.26. The first-order valence-corrected chi connectivity index (χ1v) is 11.4. The first-order valence-electron chi connectivity index (χ1n) is 10.6. The van der Waals surface area contributed by atoms with Crippen molar-refractivity contribution in [2.45, 2.75) is 20.8 Å². The number of thiophene rings is 1. The highest BCUT2D eigenvalue weighted by molar-refractivity contribution is 7.19. The standard InChI is InChI=1S/C25H26N2O6S/c1-5-32-19-13-9-7-11-17(19)26-23(29)22-16(3)21(25(30)31-4)24(34-22)27-20(28)14-33-18-12-8-6-10-15(18)2/h6-13H,5,14H2,1-4H3,(H,26,29)(H,27,28). The zero-order chi connectivity index (χ0) is 24.7. The monoisotopic (exact) mass is 482 g/mol. The number of para-hydroxylation sites is 3. The van der Waals surface area contributed by atoms with E-state index >= 15 is 0 Å². The Bertz CT molecular complexity index is 1200. The van der Waals surface area contributed by atoms with Crippen LogP contribution in [0.25, 0.3) is 0 Å². The van der Waals surface area contributed by atoms with E-state index in [4.69, 9.17) is 14.2 Å². The number of ether oxygens (including phenoxy) is 3. The molecule has 2 amide bonds. The number of nitrogens with one attached hydrogen (secondary N) is 2. The van der Waals surface area contributed by atoms with Gasteiger partial charge in [0.15, 0.2) is 6.61 Å². The molecule has 1 aromatic heterocycles. The number of rotatable bonds is 9. The van der Waals surface area contributed by atoms with Crippen LogP contribution >= 0.6 is 11.3 Å². The summed E-state index contributed by atoms with van der Waals surface area (Å²) < 4.78 is 16.0. The van der Waals surface area contributed by atoms with Crippen molar-refractivity contribution in [1.82, 2.24) is 0 Å². The van der Waals surface area contributed by atoms with Crippen LogP contribution in [0.15, 0.2) is 48.5 Å². The Morgan fingerprint density at radius 2 is 1.59 bits per heavy atom. The predicted molar refractivity (Wildman–Crippen MR) is 131 cm³/mol. The van der Waals surface area contributed by atoms with Crippen LogP contribution in [0, 0.1) is 13.8 Å². The molecule has 0 spiro atoms. The van der Waals surface area contributed by atoms with E-state index in [0.29, 0.717) is 29.4 Å². The maximum Gasteiger partial charge on any atom is 0.341 e. The highest BCUT2D eigenvalue weighted by atomic mass is 32.1. The lowest BCUT2D eigenvalue weighted by Gasteiger charge is -2.11. The molecule has 0 bridgehead atoms. The van der Waals surface area contributed by atoms with Crippen molar-refractivity contribution in [3.05, 3.63) is 70.1 Å². The van der Waals surface area contributed by atoms with Crippen molar-refractivity contribution in [1.29, 1.82) is 0 Å². The molecule has 0 radical (unpaired) electrons. The minimum Gasteiger partial charge on any atom is -0.492 e. The molecular weight excluding hydrogens is 456 g/mol. The van der Waals surface area contributed by atoms with E-state index in [1.807, 2.05) is 32.0 Å². The van der Waals surface area contributed by atoms with Crippen LogP contribution < -0.4 is 20.1 Å². The van der Waals surface area contributed by atoms with Gasteiger partial charge in [-0.3, -0.25) is 9.59 Å². The van der Waals surface area contributed by atoms with Crippen LogP contribution in [0.3, 0.4) is 0 Å².